The van der Waals surface area contributed by atoms with Crippen LogP contribution in [0.1, 0.15) is 10.4 Å². The van der Waals surface area contributed by atoms with Gasteiger partial charge in [0, 0.05) is 5.39 Å². The van der Waals surface area contributed by atoms with Crippen LogP contribution in [0.5, 0.6) is 5.88 Å². The van der Waals surface area contributed by atoms with Crippen molar-refractivity contribution in [3.8, 4) is 5.88 Å². The maximum atomic E-state index is 11.2. The van der Waals surface area contributed by atoms with Crippen molar-refractivity contribution in [2.75, 3.05) is 7.11 Å². The zero-order chi connectivity index (χ0) is 11.7. The van der Waals surface area contributed by atoms with Crippen LogP contribution < -0.4 is 0 Å². The van der Waals surface area contributed by atoms with Crippen molar-refractivity contribution in [1.82, 2.24) is 4.98 Å². The summed E-state index contributed by atoms with van der Waals surface area (Å²) in [7, 11) is 1.27. The monoisotopic (exact) mass is 220 g/mol. The molecule has 0 fully saturated rings. The second-order valence-corrected chi connectivity index (χ2v) is 3.17. The molecule has 82 valence electrons. The zero-order valence-corrected chi connectivity index (χ0v) is 8.35. The second-order valence-electron chi connectivity index (χ2n) is 3.17. The fourth-order valence-electron chi connectivity index (χ4n) is 1.51. The summed E-state index contributed by atoms with van der Waals surface area (Å²) < 4.78 is 4.55. The van der Waals surface area contributed by atoms with Gasteiger partial charge in [0.25, 0.3) is 0 Å². The van der Waals surface area contributed by atoms with Crippen LogP contribution in [0.4, 0.5) is 5.69 Å². The predicted molar refractivity (Wildman–Crippen MR) is 56.8 cm³/mol. The highest BCUT2D eigenvalue weighted by Gasteiger charge is 2.13. The maximum Gasteiger partial charge on any atom is 0.337 e. The Balaban J connectivity index is 2.64. The van der Waals surface area contributed by atoms with Gasteiger partial charge < -0.3 is 14.8 Å². The molecule has 0 saturated heterocycles. The number of nitrogens with zero attached hydrogens (tertiary/aromatic N) is 1. The topological polar surface area (TPSA) is 91.8 Å². The SMILES string of the molecule is COC(=O)c1ccc2c(N=O)c(O)[nH]c2c1. The third kappa shape index (κ3) is 1.40. The molecule has 2 rings (SSSR count). The Hall–Kier alpha value is -2.37. The van der Waals surface area contributed by atoms with E-state index in [1.165, 1.54) is 25.3 Å². The van der Waals surface area contributed by atoms with Gasteiger partial charge in [-0.15, -0.1) is 4.91 Å². The molecule has 1 heterocycles. The van der Waals surface area contributed by atoms with Crippen molar-refractivity contribution in [3.63, 3.8) is 0 Å². The van der Waals surface area contributed by atoms with Crippen LogP contribution in [0.3, 0.4) is 0 Å². The fraction of sp³-hybridized carbons (Fsp3) is 0.100. The van der Waals surface area contributed by atoms with Gasteiger partial charge in [-0.1, -0.05) is 0 Å². The molecule has 1 aromatic carbocycles. The van der Waals surface area contributed by atoms with Gasteiger partial charge in [0.05, 0.1) is 18.2 Å². The Morgan fingerprint density at radius 1 is 1.50 bits per heavy atom. The summed E-state index contributed by atoms with van der Waals surface area (Å²) in [4.78, 5) is 24.2. The van der Waals surface area contributed by atoms with Gasteiger partial charge in [-0.3, -0.25) is 0 Å². The van der Waals surface area contributed by atoms with E-state index in [4.69, 9.17) is 0 Å². The minimum absolute atomic E-state index is 0.0635. The molecule has 0 spiro atoms. The van der Waals surface area contributed by atoms with Crippen molar-refractivity contribution < 1.29 is 14.6 Å². The van der Waals surface area contributed by atoms with E-state index in [2.05, 4.69) is 14.9 Å². The van der Waals surface area contributed by atoms with E-state index in [-0.39, 0.29) is 11.6 Å². The molecule has 0 aliphatic carbocycles. The zero-order valence-electron chi connectivity index (χ0n) is 8.35. The lowest BCUT2D eigenvalue weighted by molar-refractivity contribution is 0.0601. The van der Waals surface area contributed by atoms with Crippen LogP contribution in [-0.4, -0.2) is 23.2 Å². The van der Waals surface area contributed by atoms with Gasteiger partial charge in [0.2, 0.25) is 5.88 Å². The van der Waals surface area contributed by atoms with Gasteiger partial charge in [-0.2, -0.15) is 0 Å². The summed E-state index contributed by atoms with van der Waals surface area (Å²) in [6, 6.07) is 4.50. The number of rotatable bonds is 2. The molecule has 6 heteroatoms. The number of nitrogens with one attached hydrogen (secondary N) is 1. The Labute approximate surface area is 89.8 Å². The average molecular weight is 220 g/mol. The maximum absolute atomic E-state index is 11.2. The van der Waals surface area contributed by atoms with Crippen LogP contribution >= 0.6 is 0 Å². The van der Waals surface area contributed by atoms with Crippen LogP contribution in [0.2, 0.25) is 0 Å². The van der Waals surface area contributed by atoms with Crippen molar-refractivity contribution in [1.29, 1.82) is 0 Å². The van der Waals surface area contributed by atoms with Gasteiger partial charge in [-0.05, 0) is 23.4 Å². The van der Waals surface area contributed by atoms with Gasteiger partial charge in [0.15, 0.2) is 5.69 Å². The van der Waals surface area contributed by atoms with E-state index < -0.39 is 5.97 Å². The number of fused-ring (bicyclic) bond motifs is 1. The largest absolute Gasteiger partial charge is 0.493 e. The van der Waals surface area contributed by atoms with Gasteiger partial charge >= 0.3 is 5.97 Å². The summed E-state index contributed by atoms with van der Waals surface area (Å²) in [5, 5.41) is 12.5. The van der Waals surface area contributed by atoms with Crippen molar-refractivity contribution in [2.24, 2.45) is 5.18 Å². The highest BCUT2D eigenvalue weighted by Crippen LogP contribution is 2.35. The minimum atomic E-state index is -0.489. The number of hydrogen-bond donors (Lipinski definition) is 2. The Kier molecular flexibility index (Phi) is 2.32. The first-order valence-electron chi connectivity index (χ1n) is 4.43. The normalized spacial score (nSPS) is 10.3. The van der Waals surface area contributed by atoms with Crippen molar-refractivity contribution in [3.05, 3.63) is 28.7 Å². The third-order valence-electron chi connectivity index (χ3n) is 2.26. The smallest absolute Gasteiger partial charge is 0.337 e. The molecule has 0 radical (unpaired) electrons. The van der Waals surface area contributed by atoms with Crippen molar-refractivity contribution in [2.45, 2.75) is 0 Å². The summed E-state index contributed by atoms with van der Waals surface area (Å²) >= 11 is 0. The second kappa shape index (κ2) is 3.65. The van der Waals surface area contributed by atoms with Gasteiger partial charge in [-0.25, -0.2) is 4.79 Å². The number of aromatic hydroxyl groups is 1. The molecule has 6 nitrogen and oxygen atoms in total. The van der Waals surface area contributed by atoms with Crippen LogP contribution in [0.15, 0.2) is 23.4 Å². The van der Waals surface area contributed by atoms with E-state index in [0.717, 1.165) is 0 Å². The number of methoxy groups -OCH3 is 1. The molecule has 0 saturated carbocycles. The molecule has 2 N–H and O–H groups in total. The first kappa shape index (κ1) is 10.2. The Morgan fingerprint density at radius 3 is 2.88 bits per heavy atom. The highest BCUT2D eigenvalue weighted by atomic mass is 16.5. The van der Waals surface area contributed by atoms with E-state index >= 15 is 0 Å². The lowest BCUT2D eigenvalue weighted by Gasteiger charge is -1.98. The number of hydrogen-bond acceptors (Lipinski definition) is 5. The van der Waals surface area contributed by atoms with E-state index in [1.807, 2.05) is 0 Å². The van der Waals surface area contributed by atoms with Gasteiger partial charge in [0.1, 0.15) is 0 Å². The molecule has 1 aromatic heterocycles. The number of benzene rings is 1. The van der Waals surface area contributed by atoms with E-state index in [0.29, 0.717) is 16.5 Å². The van der Waals surface area contributed by atoms with E-state index in [9.17, 15) is 14.8 Å². The molecule has 0 bridgehead atoms. The first-order chi connectivity index (χ1) is 7.67. The number of aromatic nitrogens is 1. The number of carbonyl (C=O) groups excluding carboxylic acids is 1. The standard InChI is InChI=1S/C10H8N2O4/c1-16-10(14)5-2-3-6-7(4-5)11-9(13)8(6)12-15/h2-4,11,13H,1H3. The molecular formula is C10H8N2O4. The van der Waals surface area contributed by atoms with E-state index in [1.54, 1.807) is 0 Å². The number of nitroso groups, excluding NO2 is 1. The molecular weight excluding hydrogens is 212 g/mol. The Bertz CT molecular complexity index is 573. The number of esters is 1. The predicted octanol–water partition coefficient (Wildman–Crippen LogP) is 2.06. The average Bonchev–Trinajstić information content (AvgIpc) is 2.62. The molecule has 0 amide bonds. The summed E-state index contributed by atoms with van der Waals surface area (Å²) in [6.07, 6.45) is 0. The van der Waals surface area contributed by atoms with Crippen LogP contribution in [0.25, 0.3) is 10.9 Å². The lowest BCUT2D eigenvalue weighted by Crippen LogP contribution is -2.00. The van der Waals surface area contributed by atoms with Crippen molar-refractivity contribution >= 4 is 22.6 Å². The highest BCUT2D eigenvalue weighted by molar-refractivity contribution is 5.99. The summed E-state index contributed by atoms with van der Waals surface area (Å²) in [6.45, 7) is 0. The minimum Gasteiger partial charge on any atom is -0.493 e. The number of carbonyl (C=O) groups is 1. The lowest BCUT2D eigenvalue weighted by atomic mass is 10.1. The molecule has 2 aromatic rings. The molecule has 16 heavy (non-hydrogen) atoms. The third-order valence-corrected chi connectivity index (χ3v) is 2.26. The Morgan fingerprint density at radius 2 is 2.25 bits per heavy atom. The van der Waals surface area contributed by atoms with Crippen LogP contribution in [-0.2, 0) is 4.74 Å². The van der Waals surface area contributed by atoms with Crippen LogP contribution in [0, 0.1) is 4.91 Å². The summed E-state index contributed by atoms with van der Waals surface area (Å²) in [5.74, 6) is -0.802. The molecule has 0 atom stereocenters. The number of aromatic amines is 1. The first-order valence-corrected chi connectivity index (χ1v) is 4.43. The fourth-order valence-corrected chi connectivity index (χ4v) is 1.51. The number of ether oxygens (including phenoxy) is 1. The summed E-state index contributed by atoms with van der Waals surface area (Å²) in [5.41, 5.74) is 0.718. The molecule has 0 aliphatic rings. The number of H-pyrrole nitrogens is 1. The quantitative estimate of drug-likeness (QED) is 0.598. The molecule has 0 aliphatic heterocycles. The molecule has 0 unspecified atom stereocenters.